The van der Waals surface area contributed by atoms with Crippen LogP contribution in [0.4, 0.5) is 27.5 Å². The predicted octanol–water partition coefficient (Wildman–Crippen LogP) is 7.02. The quantitative estimate of drug-likeness (QED) is 0.144. The van der Waals surface area contributed by atoms with Gasteiger partial charge in [0.25, 0.3) is 17.5 Å². The third-order valence-corrected chi connectivity index (χ3v) is 7.89. The number of hydrazine groups is 1. The number of hydrogen-bond donors (Lipinski definition) is 2. The highest BCUT2D eigenvalue weighted by atomic mass is 16.6. The number of rotatable bonds is 7. The summed E-state index contributed by atoms with van der Waals surface area (Å²) in [5, 5.41) is 29.1. The maximum atomic E-state index is 13.9. The van der Waals surface area contributed by atoms with Crippen molar-refractivity contribution in [3.05, 3.63) is 124 Å². The zero-order valence-corrected chi connectivity index (χ0v) is 25.4. The third kappa shape index (κ3) is 5.87. The molecule has 47 heavy (non-hydrogen) atoms. The Bertz CT molecular complexity index is 2050. The molecular weight excluding hydrogens is 602 g/mol. The van der Waals surface area contributed by atoms with Gasteiger partial charge in [0.1, 0.15) is 11.5 Å². The normalized spacial score (nSPS) is 12.7. The monoisotopic (exact) mass is 631 g/mol. The Morgan fingerprint density at radius 1 is 0.915 bits per heavy atom. The van der Waals surface area contributed by atoms with Crippen LogP contribution in [0.25, 0.3) is 10.8 Å². The van der Waals surface area contributed by atoms with E-state index in [0.717, 1.165) is 15.5 Å². The number of hydrogen-bond acceptors (Lipinski definition) is 8. The summed E-state index contributed by atoms with van der Waals surface area (Å²) in [7, 11) is 1.39. The van der Waals surface area contributed by atoms with Crippen LogP contribution in [0, 0.1) is 17.0 Å². The number of nitrogens with one attached hydrogen (secondary N) is 1. The molecule has 0 atom stereocenters. The van der Waals surface area contributed by atoms with E-state index < -0.39 is 22.8 Å². The van der Waals surface area contributed by atoms with Gasteiger partial charge in [-0.05, 0) is 42.8 Å². The highest BCUT2D eigenvalue weighted by Crippen LogP contribution is 2.42. The van der Waals surface area contributed by atoms with Crippen molar-refractivity contribution in [2.24, 2.45) is 0 Å². The number of phenolic OH excluding ortho intramolecular Hbond substituents is 1. The largest absolute Gasteiger partial charge is 0.506 e. The van der Waals surface area contributed by atoms with Gasteiger partial charge < -0.3 is 15.2 Å². The molecule has 0 spiro atoms. The van der Waals surface area contributed by atoms with Gasteiger partial charge in [0, 0.05) is 48.6 Å². The molecule has 1 saturated heterocycles. The fourth-order valence-corrected chi connectivity index (χ4v) is 5.42. The molecule has 0 aliphatic carbocycles. The molecular formula is C35H29N5O7. The average Bonchev–Trinajstić information content (AvgIpc) is 3.47. The van der Waals surface area contributed by atoms with E-state index >= 15 is 0 Å². The van der Waals surface area contributed by atoms with E-state index in [4.69, 9.17) is 4.74 Å². The standard InChI is InChI=1S/C35H29N5O7/c1-22-10-6-9-15-28(22)36-34(43)27-21-31(25-13-7-8-14-26(25)33(27)42)47-30-17-16-24(40(45)46)20-29(30)37(2)35(44)39-32(41)18-19-38(39)23-11-4-3-5-12-23/h3-17,20-21,42H,18-19H2,1-2H3,(H,36,43). The van der Waals surface area contributed by atoms with E-state index in [2.05, 4.69) is 5.32 Å². The Balaban J connectivity index is 1.40. The van der Waals surface area contributed by atoms with Crippen molar-refractivity contribution in [3.8, 4) is 17.2 Å². The minimum absolute atomic E-state index is 0.0000188. The number of ether oxygens (including phenoxy) is 1. The molecule has 1 fully saturated rings. The van der Waals surface area contributed by atoms with Gasteiger partial charge in [0.15, 0.2) is 5.75 Å². The van der Waals surface area contributed by atoms with Crippen LogP contribution in [0.15, 0.2) is 103 Å². The predicted molar refractivity (Wildman–Crippen MR) is 177 cm³/mol. The highest BCUT2D eigenvalue weighted by molar-refractivity contribution is 6.11. The van der Waals surface area contributed by atoms with Crippen molar-refractivity contribution in [1.29, 1.82) is 0 Å². The molecule has 0 saturated carbocycles. The summed E-state index contributed by atoms with van der Waals surface area (Å²) < 4.78 is 6.32. The maximum absolute atomic E-state index is 13.9. The number of phenols is 1. The summed E-state index contributed by atoms with van der Waals surface area (Å²) in [6.07, 6.45) is 0.0968. The molecule has 6 rings (SSSR count). The number of imide groups is 1. The first-order valence-corrected chi connectivity index (χ1v) is 14.6. The molecule has 0 aromatic heterocycles. The topological polar surface area (TPSA) is 146 Å². The van der Waals surface area contributed by atoms with Gasteiger partial charge in [-0.3, -0.25) is 29.6 Å². The van der Waals surface area contributed by atoms with E-state index in [1.165, 1.54) is 31.3 Å². The molecule has 1 heterocycles. The molecule has 12 heteroatoms. The van der Waals surface area contributed by atoms with Gasteiger partial charge in [-0.15, -0.1) is 0 Å². The number of carbonyl (C=O) groups is 3. The van der Waals surface area contributed by atoms with Crippen LogP contribution in [0.1, 0.15) is 22.3 Å². The van der Waals surface area contributed by atoms with Crippen LogP contribution >= 0.6 is 0 Å². The number of carbonyl (C=O) groups excluding carboxylic acids is 3. The lowest BCUT2D eigenvalue weighted by Gasteiger charge is -2.31. The van der Waals surface area contributed by atoms with Gasteiger partial charge in [0.05, 0.1) is 21.9 Å². The third-order valence-electron chi connectivity index (χ3n) is 7.89. The van der Waals surface area contributed by atoms with Crippen molar-refractivity contribution < 1.29 is 29.2 Å². The molecule has 0 bridgehead atoms. The molecule has 0 radical (unpaired) electrons. The van der Waals surface area contributed by atoms with Gasteiger partial charge >= 0.3 is 6.03 Å². The molecule has 0 unspecified atom stereocenters. The average molecular weight is 632 g/mol. The molecule has 236 valence electrons. The van der Waals surface area contributed by atoms with Crippen molar-refractivity contribution in [3.63, 3.8) is 0 Å². The highest BCUT2D eigenvalue weighted by Gasteiger charge is 2.37. The number of nitro groups is 1. The van der Waals surface area contributed by atoms with E-state index in [0.29, 0.717) is 22.1 Å². The van der Waals surface area contributed by atoms with Crippen molar-refractivity contribution in [2.75, 3.05) is 28.8 Å². The first-order valence-electron chi connectivity index (χ1n) is 14.6. The zero-order valence-electron chi connectivity index (χ0n) is 25.4. The maximum Gasteiger partial charge on any atom is 0.350 e. The number of non-ortho nitro benzene ring substituents is 1. The first-order chi connectivity index (χ1) is 22.6. The summed E-state index contributed by atoms with van der Waals surface area (Å²) in [5.74, 6) is -1.11. The number of fused-ring (bicyclic) bond motifs is 1. The number of nitrogens with zero attached hydrogens (tertiary/aromatic N) is 4. The summed E-state index contributed by atoms with van der Waals surface area (Å²) in [5.41, 5.74) is 1.63. The number of benzene rings is 5. The minimum Gasteiger partial charge on any atom is -0.506 e. The lowest BCUT2D eigenvalue weighted by Crippen LogP contribution is -2.49. The van der Waals surface area contributed by atoms with E-state index in [9.17, 15) is 29.6 Å². The zero-order chi connectivity index (χ0) is 33.2. The number of aromatic hydroxyl groups is 1. The number of nitro benzene ring substituents is 1. The number of amides is 4. The number of para-hydroxylation sites is 2. The second-order valence-corrected chi connectivity index (χ2v) is 10.9. The fourth-order valence-electron chi connectivity index (χ4n) is 5.42. The van der Waals surface area contributed by atoms with Crippen LogP contribution in [0.3, 0.4) is 0 Å². The molecule has 12 nitrogen and oxygen atoms in total. The van der Waals surface area contributed by atoms with Gasteiger partial charge in [-0.1, -0.05) is 60.7 Å². The first kappa shape index (κ1) is 30.6. The fraction of sp³-hybridized carbons (Fsp3) is 0.114. The molecule has 4 amide bonds. The summed E-state index contributed by atoms with van der Waals surface area (Å²) in [4.78, 5) is 52.6. The lowest BCUT2D eigenvalue weighted by atomic mass is 10.0. The Labute approximate surface area is 269 Å². The van der Waals surface area contributed by atoms with E-state index in [1.54, 1.807) is 65.7 Å². The van der Waals surface area contributed by atoms with Crippen LogP contribution < -0.4 is 20.0 Å². The van der Waals surface area contributed by atoms with Crippen LogP contribution in [0.5, 0.6) is 17.2 Å². The smallest absolute Gasteiger partial charge is 0.350 e. The molecule has 1 aliphatic rings. The molecule has 1 aliphatic heterocycles. The second-order valence-electron chi connectivity index (χ2n) is 10.9. The van der Waals surface area contributed by atoms with Gasteiger partial charge in [0.2, 0.25) is 0 Å². The minimum atomic E-state index is -0.754. The van der Waals surface area contributed by atoms with E-state index in [-0.39, 0.29) is 47.2 Å². The second kappa shape index (κ2) is 12.5. The Kier molecular flexibility index (Phi) is 8.15. The summed E-state index contributed by atoms with van der Waals surface area (Å²) in [6, 6.07) is 27.2. The Morgan fingerprint density at radius 3 is 2.32 bits per heavy atom. The molecule has 5 aromatic rings. The number of aryl methyl sites for hydroxylation is 1. The number of anilines is 3. The summed E-state index contributed by atoms with van der Waals surface area (Å²) in [6.45, 7) is 2.11. The van der Waals surface area contributed by atoms with Crippen LogP contribution in [-0.4, -0.2) is 46.5 Å². The van der Waals surface area contributed by atoms with Crippen LogP contribution in [0.2, 0.25) is 0 Å². The van der Waals surface area contributed by atoms with Gasteiger partial charge in [-0.25, -0.2) is 4.79 Å². The van der Waals surface area contributed by atoms with Crippen molar-refractivity contribution in [1.82, 2.24) is 5.01 Å². The molecule has 5 aromatic carbocycles. The van der Waals surface area contributed by atoms with Crippen molar-refractivity contribution >= 4 is 51.4 Å². The van der Waals surface area contributed by atoms with Crippen molar-refractivity contribution in [2.45, 2.75) is 13.3 Å². The van der Waals surface area contributed by atoms with Crippen LogP contribution in [-0.2, 0) is 4.79 Å². The molecule has 2 N–H and O–H groups in total. The summed E-state index contributed by atoms with van der Waals surface area (Å²) >= 11 is 0. The van der Waals surface area contributed by atoms with E-state index in [1.807, 2.05) is 25.1 Å². The SMILES string of the molecule is Cc1ccccc1NC(=O)c1cc(Oc2ccc([N+](=O)[O-])cc2N(C)C(=O)N2C(=O)CCN2c2ccccc2)c2ccccc2c1O. The lowest BCUT2D eigenvalue weighted by molar-refractivity contribution is -0.384. The number of urea groups is 1. The Hall–Kier alpha value is -6.43. The van der Waals surface area contributed by atoms with Gasteiger partial charge in [-0.2, -0.15) is 5.01 Å². The Morgan fingerprint density at radius 2 is 1.60 bits per heavy atom.